The molecule has 0 N–H and O–H groups in total. The summed E-state index contributed by atoms with van der Waals surface area (Å²) < 4.78 is 31.7. The van der Waals surface area contributed by atoms with Gasteiger partial charge >= 0.3 is 10.2 Å². The van der Waals surface area contributed by atoms with Crippen molar-refractivity contribution in [1.82, 2.24) is 0 Å². The normalized spacial score (nSPS) is 12.0. The second kappa shape index (κ2) is 3.80. The zero-order valence-corrected chi connectivity index (χ0v) is 7.32. The topological polar surface area (TPSA) is 51.2 Å². The van der Waals surface area contributed by atoms with E-state index in [9.17, 15) is 17.1 Å². The summed E-state index contributed by atoms with van der Waals surface area (Å²) in [7, 11) is -4.62. The quantitative estimate of drug-likeness (QED) is 0.607. The largest absolute Gasteiger partial charge is 0.309 e. The maximum absolute atomic E-state index is 11.8. The van der Waals surface area contributed by atoms with Crippen molar-refractivity contribution >= 4 is 16.0 Å². The fourth-order valence-corrected chi connectivity index (χ4v) is 1.21. The molecule has 0 aliphatic rings. The van der Waals surface area contributed by atoms with E-state index in [-0.39, 0.29) is 12.3 Å². The number of carbonyl (C=O) groups excluding carboxylic acids is 1. The number of Topliss-reactive ketones (excluding diaryl/α,β-unsaturated/α-hetero) is 1. The van der Waals surface area contributed by atoms with Gasteiger partial charge in [0, 0.05) is 6.42 Å². The maximum Gasteiger partial charge on any atom is 0.309 e. The van der Waals surface area contributed by atoms with Crippen LogP contribution in [0.5, 0.6) is 0 Å². The van der Waals surface area contributed by atoms with E-state index >= 15 is 0 Å². The van der Waals surface area contributed by atoms with Gasteiger partial charge in [0.2, 0.25) is 0 Å². The Morgan fingerprint density at radius 1 is 1.45 bits per heavy atom. The summed E-state index contributed by atoms with van der Waals surface area (Å²) in [5.74, 6) is -1.47. The van der Waals surface area contributed by atoms with Crippen molar-refractivity contribution in [2.24, 2.45) is 5.92 Å². The van der Waals surface area contributed by atoms with Gasteiger partial charge < -0.3 is 0 Å². The molecule has 0 aliphatic heterocycles. The smallest absolute Gasteiger partial charge is 0.298 e. The van der Waals surface area contributed by atoms with Crippen molar-refractivity contribution < 1.29 is 17.1 Å². The predicted molar refractivity (Wildman–Crippen MR) is 39.4 cm³/mol. The van der Waals surface area contributed by atoms with Crippen molar-refractivity contribution in [3.8, 4) is 0 Å². The Hall–Kier alpha value is -0.450. The van der Waals surface area contributed by atoms with Gasteiger partial charge in [-0.25, -0.2) is 0 Å². The Bertz CT molecular complexity index is 230. The molecule has 0 spiro atoms. The van der Waals surface area contributed by atoms with Crippen molar-refractivity contribution in [3.63, 3.8) is 0 Å². The molecule has 0 fully saturated rings. The first-order chi connectivity index (χ1) is 4.81. The third-order valence-electron chi connectivity index (χ3n) is 0.969. The van der Waals surface area contributed by atoms with Crippen LogP contribution in [0.3, 0.4) is 0 Å². The first-order valence-corrected chi connectivity index (χ1v) is 4.80. The number of hydrogen-bond acceptors (Lipinski definition) is 3. The molecule has 0 aromatic carbocycles. The van der Waals surface area contributed by atoms with Crippen LogP contribution in [-0.2, 0) is 15.0 Å². The minimum Gasteiger partial charge on any atom is -0.298 e. The van der Waals surface area contributed by atoms with E-state index in [1.54, 1.807) is 13.8 Å². The molecule has 0 aliphatic carbocycles. The Morgan fingerprint density at radius 3 is 2.18 bits per heavy atom. The van der Waals surface area contributed by atoms with Gasteiger partial charge in [-0.1, -0.05) is 13.8 Å². The molecule has 11 heavy (non-hydrogen) atoms. The predicted octanol–water partition coefficient (Wildman–Crippen LogP) is 0.901. The molecule has 66 valence electrons. The first kappa shape index (κ1) is 10.6. The highest BCUT2D eigenvalue weighted by molar-refractivity contribution is 7.87. The molecule has 0 atom stereocenters. The molecular weight excluding hydrogens is 171 g/mol. The summed E-state index contributed by atoms with van der Waals surface area (Å²) in [6, 6.07) is 0. The lowest BCUT2D eigenvalue weighted by atomic mass is 10.1. The Balaban J connectivity index is 3.91. The second-order valence-corrected chi connectivity index (χ2v) is 4.19. The lowest BCUT2D eigenvalue weighted by Crippen LogP contribution is -2.13. The van der Waals surface area contributed by atoms with E-state index < -0.39 is 21.8 Å². The van der Waals surface area contributed by atoms with E-state index in [0.717, 1.165) is 0 Å². The summed E-state index contributed by atoms with van der Waals surface area (Å²) in [4.78, 5) is 10.6. The van der Waals surface area contributed by atoms with E-state index in [0.29, 0.717) is 0 Å². The van der Waals surface area contributed by atoms with Crippen molar-refractivity contribution in [2.45, 2.75) is 20.3 Å². The van der Waals surface area contributed by atoms with Gasteiger partial charge in [0.05, 0.1) is 0 Å². The fraction of sp³-hybridized carbons (Fsp3) is 0.833. The highest BCUT2D eigenvalue weighted by Crippen LogP contribution is 2.02. The summed E-state index contributed by atoms with van der Waals surface area (Å²) in [5, 5.41) is 0. The van der Waals surface area contributed by atoms with Gasteiger partial charge in [0.15, 0.2) is 5.78 Å². The first-order valence-electron chi connectivity index (χ1n) is 3.25. The van der Waals surface area contributed by atoms with Crippen LogP contribution < -0.4 is 0 Å². The van der Waals surface area contributed by atoms with Crippen LogP contribution in [0.2, 0.25) is 0 Å². The molecule has 0 aromatic rings. The SMILES string of the molecule is CC(C)CC(=O)CS(=O)(=O)F. The van der Waals surface area contributed by atoms with E-state index in [4.69, 9.17) is 0 Å². The monoisotopic (exact) mass is 182 g/mol. The molecular formula is C6H11FO3S. The molecule has 5 heteroatoms. The number of rotatable bonds is 4. The minimum absolute atomic E-state index is 0.0734. The lowest BCUT2D eigenvalue weighted by Gasteiger charge is -1.99. The van der Waals surface area contributed by atoms with E-state index in [1.807, 2.05) is 0 Å². The van der Waals surface area contributed by atoms with Gasteiger partial charge in [-0.15, -0.1) is 3.89 Å². The average molecular weight is 182 g/mol. The van der Waals surface area contributed by atoms with E-state index in [1.165, 1.54) is 0 Å². The lowest BCUT2D eigenvalue weighted by molar-refractivity contribution is -0.117. The van der Waals surface area contributed by atoms with Crippen molar-refractivity contribution in [1.29, 1.82) is 0 Å². The number of hydrogen-bond donors (Lipinski definition) is 0. The Kier molecular flexibility index (Phi) is 3.65. The standard InChI is InChI=1S/C6H11FO3S/c1-5(2)3-6(8)4-11(7,9)10/h5H,3-4H2,1-2H3. The van der Waals surface area contributed by atoms with Gasteiger partial charge in [-0.2, -0.15) is 8.42 Å². The Morgan fingerprint density at radius 2 is 1.91 bits per heavy atom. The maximum atomic E-state index is 11.8. The molecule has 0 rings (SSSR count). The summed E-state index contributed by atoms with van der Waals surface area (Å²) in [6.07, 6.45) is 0.114. The molecule has 0 saturated heterocycles. The van der Waals surface area contributed by atoms with Crippen LogP contribution >= 0.6 is 0 Å². The van der Waals surface area contributed by atoms with Crippen molar-refractivity contribution in [3.05, 3.63) is 0 Å². The fourth-order valence-electron chi connectivity index (χ4n) is 0.707. The van der Waals surface area contributed by atoms with Crippen LogP contribution in [0.15, 0.2) is 0 Å². The van der Waals surface area contributed by atoms with Gasteiger partial charge in [0.25, 0.3) is 0 Å². The molecule has 0 bridgehead atoms. The third kappa shape index (κ3) is 7.45. The molecule has 0 unspecified atom stereocenters. The minimum atomic E-state index is -4.62. The molecule has 0 amide bonds. The van der Waals surface area contributed by atoms with Gasteiger partial charge in [0.1, 0.15) is 5.75 Å². The number of halogens is 1. The van der Waals surface area contributed by atoms with Crippen LogP contribution in [0.25, 0.3) is 0 Å². The summed E-state index contributed by atoms with van der Waals surface area (Å²) in [5.41, 5.74) is 0. The Labute approximate surface area is 65.8 Å². The molecule has 0 heterocycles. The van der Waals surface area contributed by atoms with Gasteiger partial charge in [-0.3, -0.25) is 4.79 Å². The average Bonchev–Trinajstić information content (AvgIpc) is 1.53. The van der Waals surface area contributed by atoms with E-state index in [2.05, 4.69) is 0 Å². The van der Waals surface area contributed by atoms with Crippen LogP contribution in [-0.4, -0.2) is 20.0 Å². The second-order valence-electron chi connectivity index (χ2n) is 2.82. The highest BCUT2D eigenvalue weighted by atomic mass is 32.3. The van der Waals surface area contributed by atoms with Gasteiger partial charge in [-0.05, 0) is 5.92 Å². The summed E-state index contributed by atoms with van der Waals surface area (Å²) >= 11 is 0. The molecule has 0 aromatic heterocycles. The van der Waals surface area contributed by atoms with Crippen molar-refractivity contribution in [2.75, 3.05) is 5.75 Å². The zero-order valence-electron chi connectivity index (χ0n) is 6.50. The summed E-state index contributed by atoms with van der Waals surface area (Å²) in [6.45, 7) is 3.53. The molecule has 0 saturated carbocycles. The van der Waals surface area contributed by atoms with Crippen LogP contribution in [0, 0.1) is 5.92 Å². The molecule has 3 nitrogen and oxygen atoms in total. The zero-order chi connectivity index (χ0) is 9.07. The number of carbonyl (C=O) groups is 1. The number of ketones is 1. The highest BCUT2D eigenvalue weighted by Gasteiger charge is 2.15. The third-order valence-corrected chi connectivity index (χ3v) is 1.64. The molecule has 0 radical (unpaired) electrons. The van der Waals surface area contributed by atoms with Crippen LogP contribution in [0.1, 0.15) is 20.3 Å². The van der Waals surface area contributed by atoms with Crippen LogP contribution in [0.4, 0.5) is 3.89 Å².